The van der Waals surface area contributed by atoms with E-state index in [0.717, 1.165) is 23.4 Å². The average Bonchev–Trinajstić information content (AvgIpc) is 3.24. The quantitative estimate of drug-likeness (QED) is 0.382. The van der Waals surface area contributed by atoms with E-state index in [1.807, 2.05) is 19.2 Å². The maximum Gasteiger partial charge on any atom is 0.338 e. The molecule has 30 heavy (non-hydrogen) atoms. The number of nitrogens with zero attached hydrogens (tertiary/aromatic N) is 2. The molecule has 0 amide bonds. The van der Waals surface area contributed by atoms with Gasteiger partial charge in [0.1, 0.15) is 16.6 Å². The number of esters is 1. The molecule has 0 aliphatic heterocycles. The molecule has 1 N–H and O–H groups in total. The van der Waals surface area contributed by atoms with E-state index < -0.39 is 0 Å². The van der Waals surface area contributed by atoms with E-state index in [-0.39, 0.29) is 12.1 Å². The maximum absolute atomic E-state index is 11.9. The topological polar surface area (TPSA) is 75.0 Å². The Morgan fingerprint density at radius 3 is 2.50 bits per heavy atom. The third-order valence-corrected chi connectivity index (χ3v) is 5.24. The lowest BCUT2D eigenvalue weighted by Gasteiger charge is -2.08. The van der Waals surface area contributed by atoms with Crippen LogP contribution < -0.4 is 5.32 Å². The predicted molar refractivity (Wildman–Crippen MR) is 121 cm³/mol. The standard InChI is InChI=1S/C24H23N3O2S/c1-4-17-5-7-18(8-6-17)22-15-30-23(27-22)20(13-25)14-26-21-11-9-19(10-12-21)24(28)29-16(2)3/h5-12,14-16,26H,4H2,1-3H3/b20-14+. The Labute approximate surface area is 180 Å². The number of carbonyl (C=O) groups is 1. The Hall–Kier alpha value is -3.43. The fourth-order valence-electron chi connectivity index (χ4n) is 2.72. The van der Waals surface area contributed by atoms with Crippen molar-refractivity contribution in [3.05, 3.63) is 76.2 Å². The molecule has 0 atom stereocenters. The van der Waals surface area contributed by atoms with Crippen LogP contribution in [0, 0.1) is 11.3 Å². The molecule has 3 rings (SSSR count). The fourth-order valence-corrected chi connectivity index (χ4v) is 3.52. The Kier molecular flexibility index (Phi) is 6.99. The summed E-state index contributed by atoms with van der Waals surface area (Å²) >= 11 is 1.43. The first-order valence-corrected chi connectivity index (χ1v) is 10.6. The number of benzene rings is 2. The lowest BCUT2D eigenvalue weighted by molar-refractivity contribution is 0.0378. The van der Waals surface area contributed by atoms with Crippen LogP contribution in [0.2, 0.25) is 0 Å². The minimum atomic E-state index is -0.355. The van der Waals surface area contributed by atoms with Gasteiger partial charge in [0, 0.05) is 22.8 Å². The average molecular weight is 418 g/mol. The van der Waals surface area contributed by atoms with Crippen molar-refractivity contribution in [1.29, 1.82) is 5.26 Å². The minimum absolute atomic E-state index is 0.163. The van der Waals surface area contributed by atoms with Crippen molar-refractivity contribution in [3.8, 4) is 17.3 Å². The van der Waals surface area contributed by atoms with Gasteiger partial charge in [-0.15, -0.1) is 11.3 Å². The summed E-state index contributed by atoms with van der Waals surface area (Å²) in [5, 5.41) is 15.3. The highest BCUT2D eigenvalue weighted by atomic mass is 32.1. The zero-order valence-corrected chi connectivity index (χ0v) is 18.0. The minimum Gasteiger partial charge on any atom is -0.459 e. The summed E-state index contributed by atoms with van der Waals surface area (Å²) in [6, 6.07) is 17.4. The van der Waals surface area contributed by atoms with Crippen molar-refractivity contribution in [2.45, 2.75) is 33.3 Å². The molecule has 3 aromatic rings. The van der Waals surface area contributed by atoms with Gasteiger partial charge in [-0.2, -0.15) is 5.26 Å². The SMILES string of the molecule is CCc1ccc(-c2csc(/C(C#N)=C/Nc3ccc(C(=O)OC(C)C)cc3)n2)cc1. The summed E-state index contributed by atoms with van der Waals surface area (Å²) in [4.78, 5) is 16.5. The van der Waals surface area contributed by atoms with E-state index in [0.29, 0.717) is 16.1 Å². The highest BCUT2D eigenvalue weighted by Gasteiger charge is 2.10. The van der Waals surface area contributed by atoms with Crippen LogP contribution in [0.4, 0.5) is 5.69 Å². The Morgan fingerprint density at radius 1 is 1.20 bits per heavy atom. The molecule has 0 aliphatic rings. The van der Waals surface area contributed by atoms with Crippen molar-refractivity contribution < 1.29 is 9.53 Å². The van der Waals surface area contributed by atoms with Gasteiger partial charge in [-0.1, -0.05) is 31.2 Å². The van der Waals surface area contributed by atoms with Crippen LogP contribution in [0.1, 0.15) is 41.7 Å². The van der Waals surface area contributed by atoms with Gasteiger partial charge in [-0.05, 0) is 50.1 Å². The number of anilines is 1. The van der Waals surface area contributed by atoms with Crippen LogP contribution in [0.3, 0.4) is 0 Å². The molecule has 0 spiro atoms. The molecular weight excluding hydrogens is 394 g/mol. The molecule has 2 aromatic carbocycles. The molecule has 0 aliphatic carbocycles. The largest absolute Gasteiger partial charge is 0.459 e. The molecule has 152 valence electrons. The molecule has 0 radical (unpaired) electrons. The molecule has 0 bridgehead atoms. The summed E-state index contributed by atoms with van der Waals surface area (Å²) in [5.41, 5.74) is 4.85. The molecule has 0 fully saturated rings. The van der Waals surface area contributed by atoms with Gasteiger partial charge in [-0.3, -0.25) is 0 Å². The van der Waals surface area contributed by atoms with Crippen molar-refractivity contribution in [2.24, 2.45) is 0 Å². The second kappa shape index (κ2) is 9.86. The second-order valence-corrected chi connectivity index (χ2v) is 7.79. The van der Waals surface area contributed by atoms with Crippen LogP contribution in [-0.4, -0.2) is 17.1 Å². The van der Waals surface area contributed by atoms with E-state index >= 15 is 0 Å². The van der Waals surface area contributed by atoms with Crippen LogP contribution in [0.15, 0.2) is 60.1 Å². The first kappa shape index (κ1) is 21.3. The molecule has 5 nitrogen and oxygen atoms in total. The highest BCUT2D eigenvalue weighted by molar-refractivity contribution is 7.11. The Bertz CT molecular complexity index is 1070. The number of hydrogen-bond donors (Lipinski definition) is 1. The van der Waals surface area contributed by atoms with E-state index in [1.165, 1.54) is 16.9 Å². The number of thiazole rings is 1. The summed E-state index contributed by atoms with van der Waals surface area (Å²) in [6.45, 7) is 5.75. The molecule has 0 unspecified atom stereocenters. The molecule has 1 heterocycles. The molecule has 1 aromatic heterocycles. The Balaban J connectivity index is 1.71. The number of hydrogen-bond acceptors (Lipinski definition) is 6. The van der Waals surface area contributed by atoms with E-state index in [9.17, 15) is 10.1 Å². The van der Waals surface area contributed by atoms with E-state index in [4.69, 9.17) is 4.74 Å². The van der Waals surface area contributed by atoms with Gasteiger partial charge < -0.3 is 10.1 Å². The maximum atomic E-state index is 11.9. The second-order valence-electron chi connectivity index (χ2n) is 6.93. The summed E-state index contributed by atoms with van der Waals surface area (Å²) in [7, 11) is 0. The first-order chi connectivity index (χ1) is 14.5. The van der Waals surface area contributed by atoms with Gasteiger partial charge in [0.25, 0.3) is 0 Å². The van der Waals surface area contributed by atoms with Crippen molar-refractivity contribution in [2.75, 3.05) is 5.32 Å². The third kappa shape index (κ3) is 5.34. The van der Waals surface area contributed by atoms with Crippen LogP contribution >= 0.6 is 11.3 Å². The lowest BCUT2D eigenvalue weighted by atomic mass is 10.1. The number of rotatable bonds is 7. The fraction of sp³-hybridized carbons (Fsp3) is 0.208. The first-order valence-electron chi connectivity index (χ1n) is 9.73. The molecule has 0 saturated heterocycles. The van der Waals surface area contributed by atoms with Crippen molar-refractivity contribution in [3.63, 3.8) is 0 Å². The number of aryl methyl sites for hydroxylation is 1. The lowest BCUT2D eigenvalue weighted by Crippen LogP contribution is -2.11. The monoisotopic (exact) mass is 417 g/mol. The van der Waals surface area contributed by atoms with Gasteiger partial charge in [0.15, 0.2) is 0 Å². The number of ether oxygens (including phenoxy) is 1. The highest BCUT2D eigenvalue weighted by Crippen LogP contribution is 2.26. The van der Waals surface area contributed by atoms with Gasteiger partial charge in [0.2, 0.25) is 0 Å². The normalized spacial score (nSPS) is 11.2. The number of nitrogens with one attached hydrogen (secondary N) is 1. The zero-order chi connectivity index (χ0) is 21.5. The molecular formula is C24H23N3O2S. The van der Waals surface area contributed by atoms with Crippen molar-refractivity contribution >= 4 is 28.6 Å². The Morgan fingerprint density at radius 2 is 1.90 bits per heavy atom. The predicted octanol–water partition coefficient (Wildman–Crippen LogP) is 5.91. The summed E-state index contributed by atoms with van der Waals surface area (Å²) < 4.78 is 5.18. The van der Waals surface area contributed by atoms with E-state index in [1.54, 1.807) is 30.5 Å². The van der Waals surface area contributed by atoms with Crippen LogP contribution in [0.25, 0.3) is 16.8 Å². The molecule has 6 heteroatoms. The summed E-state index contributed by atoms with van der Waals surface area (Å²) in [6.07, 6.45) is 2.46. The smallest absolute Gasteiger partial charge is 0.338 e. The number of nitriles is 1. The van der Waals surface area contributed by atoms with Crippen LogP contribution in [-0.2, 0) is 11.2 Å². The molecule has 0 saturated carbocycles. The zero-order valence-electron chi connectivity index (χ0n) is 17.2. The van der Waals surface area contributed by atoms with E-state index in [2.05, 4.69) is 47.6 Å². The number of aromatic nitrogens is 1. The van der Waals surface area contributed by atoms with Crippen molar-refractivity contribution in [1.82, 2.24) is 4.98 Å². The van der Waals surface area contributed by atoms with Gasteiger partial charge in [0.05, 0.1) is 17.4 Å². The summed E-state index contributed by atoms with van der Waals surface area (Å²) in [5.74, 6) is -0.355. The number of carbonyl (C=O) groups excluding carboxylic acids is 1. The van der Waals surface area contributed by atoms with Crippen LogP contribution in [0.5, 0.6) is 0 Å². The number of allylic oxidation sites excluding steroid dienone is 1. The van der Waals surface area contributed by atoms with Gasteiger partial charge in [-0.25, -0.2) is 9.78 Å². The third-order valence-electron chi connectivity index (χ3n) is 4.36. The van der Waals surface area contributed by atoms with Gasteiger partial charge >= 0.3 is 5.97 Å².